The molecule has 154 valence electrons. The van der Waals surface area contributed by atoms with Gasteiger partial charge in [0, 0.05) is 62.4 Å². The zero-order valence-electron chi connectivity index (χ0n) is 17.2. The predicted octanol–water partition coefficient (Wildman–Crippen LogP) is 2.79. The van der Waals surface area contributed by atoms with Gasteiger partial charge in [-0.15, -0.1) is 0 Å². The number of nitrogens with one attached hydrogen (secondary N) is 1. The summed E-state index contributed by atoms with van der Waals surface area (Å²) in [5, 5.41) is 3.53. The third-order valence-corrected chi connectivity index (χ3v) is 5.76. The lowest BCUT2D eigenvalue weighted by Crippen LogP contribution is -2.62. The Morgan fingerprint density at radius 2 is 1.58 bits per heavy atom. The first-order valence-electron chi connectivity index (χ1n) is 9.91. The summed E-state index contributed by atoms with van der Waals surface area (Å²) >= 11 is 0. The van der Waals surface area contributed by atoms with Gasteiger partial charge >= 0.3 is 6.18 Å². The maximum absolute atomic E-state index is 13.1. The summed E-state index contributed by atoms with van der Waals surface area (Å²) < 4.78 is 39.2. The summed E-state index contributed by atoms with van der Waals surface area (Å²) in [7, 11) is 0. The van der Waals surface area contributed by atoms with Gasteiger partial charge in [0.15, 0.2) is 0 Å². The molecule has 0 aromatic carbocycles. The van der Waals surface area contributed by atoms with E-state index in [2.05, 4.69) is 56.7 Å². The topological polar surface area (TPSA) is 21.8 Å². The second kappa shape index (κ2) is 8.33. The van der Waals surface area contributed by atoms with Crippen LogP contribution in [-0.2, 0) is 0 Å². The van der Waals surface area contributed by atoms with Gasteiger partial charge in [-0.2, -0.15) is 13.2 Å². The molecule has 4 unspecified atom stereocenters. The number of rotatable bonds is 4. The number of nitrogens with zero attached hydrogens (tertiary/aromatic N) is 3. The second-order valence-electron chi connectivity index (χ2n) is 9.36. The summed E-state index contributed by atoms with van der Waals surface area (Å²) in [6.45, 7) is 16.0. The maximum atomic E-state index is 13.1. The van der Waals surface area contributed by atoms with E-state index < -0.39 is 12.7 Å². The van der Waals surface area contributed by atoms with Gasteiger partial charge in [-0.25, -0.2) is 0 Å². The first-order valence-corrected chi connectivity index (χ1v) is 9.91. The minimum absolute atomic E-state index is 0.0100. The normalized spacial score (nSPS) is 32.0. The molecule has 2 heterocycles. The molecule has 0 aromatic heterocycles. The summed E-state index contributed by atoms with van der Waals surface area (Å²) in [4.78, 5) is 6.43. The van der Waals surface area contributed by atoms with Crippen LogP contribution in [0.25, 0.3) is 0 Å². The summed E-state index contributed by atoms with van der Waals surface area (Å²) in [5.74, 6) is 0. The van der Waals surface area contributed by atoms with Gasteiger partial charge < -0.3 is 5.32 Å². The van der Waals surface area contributed by atoms with Crippen molar-refractivity contribution in [2.24, 2.45) is 0 Å². The molecule has 0 radical (unpaired) electrons. The average molecular weight is 379 g/mol. The quantitative estimate of drug-likeness (QED) is 0.812. The Balaban J connectivity index is 2.06. The highest BCUT2D eigenvalue weighted by Crippen LogP contribution is 2.27. The molecule has 4 atom stereocenters. The van der Waals surface area contributed by atoms with Crippen molar-refractivity contribution in [1.29, 1.82) is 0 Å². The minimum atomic E-state index is -4.14. The lowest BCUT2D eigenvalue weighted by molar-refractivity contribution is -0.159. The summed E-state index contributed by atoms with van der Waals surface area (Å²) in [6, 6.07) is 1.07. The van der Waals surface area contributed by atoms with Crippen LogP contribution in [0.1, 0.15) is 48.0 Å². The largest absolute Gasteiger partial charge is 0.401 e. The fourth-order valence-corrected chi connectivity index (χ4v) is 4.44. The third-order valence-electron chi connectivity index (χ3n) is 5.76. The Hall–Kier alpha value is -0.370. The van der Waals surface area contributed by atoms with Crippen molar-refractivity contribution >= 4 is 0 Å². The van der Waals surface area contributed by atoms with Gasteiger partial charge in [-0.05, 0) is 48.0 Å². The lowest BCUT2D eigenvalue weighted by atomic mass is 9.97. The van der Waals surface area contributed by atoms with Gasteiger partial charge in [0.2, 0.25) is 0 Å². The molecular formula is C19H37F3N4. The van der Waals surface area contributed by atoms with Crippen LogP contribution < -0.4 is 5.32 Å². The molecule has 2 aliphatic heterocycles. The van der Waals surface area contributed by atoms with Crippen LogP contribution in [0.5, 0.6) is 0 Å². The number of alkyl halides is 3. The van der Waals surface area contributed by atoms with Crippen molar-refractivity contribution < 1.29 is 13.2 Å². The second-order valence-corrected chi connectivity index (χ2v) is 9.36. The molecule has 0 saturated carbocycles. The van der Waals surface area contributed by atoms with E-state index in [1.165, 1.54) is 0 Å². The molecule has 0 aromatic rings. The van der Waals surface area contributed by atoms with Crippen molar-refractivity contribution in [1.82, 2.24) is 20.0 Å². The molecule has 0 aliphatic carbocycles. The maximum Gasteiger partial charge on any atom is 0.401 e. The van der Waals surface area contributed by atoms with Gasteiger partial charge in [0.1, 0.15) is 0 Å². The Morgan fingerprint density at radius 1 is 1.00 bits per heavy atom. The molecule has 0 bridgehead atoms. The first-order chi connectivity index (χ1) is 11.8. The van der Waals surface area contributed by atoms with Gasteiger partial charge in [0.05, 0.1) is 6.54 Å². The van der Waals surface area contributed by atoms with Gasteiger partial charge in [0.25, 0.3) is 0 Å². The SMILES string of the molecule is CC1CN(C(C)CC2CN(C(C)(C)C)CCN2CC(F)(F)F)CC(C)N1. The number of hydrogen-bond acceptors (Lipinski definition) is 4. The van der Waals surface area contributed by atoms with E-state index in [0.717, 1.165) is 19.5 Å². The highest BCUT2D eigenvalue weighted by atomic mass is 19.4. The van der Waals surface area contributed by atoms with Crippen molar-refractivity contribution in [2.75, 3.05) is 39.3 Å². The standard InChI is InChI=1S/C19H37F3N4/c1-14-10-25(11-15(2)23-14)16(3)9-17-12-26(18(4,5)6)8-7-24(17)13-19(20,21)22/h14-17,23H,7-13H2,1-6H3. The van der Waals surface area contributed by atoms with E-state index in [0.29, 0.717) is 31.7 Å². The molecule has 2 aliphatic rings. The molecule has 2 fully saturated rings. The zero-order chi connectivity index (χ0) is 19.7. The highest BCUT2D eigenvalue weighted by Gasteiger charge is 2.39. The summed E-state index contributed by atoms with van der Waals surface area (Å²) in [6.07, 6.45) is -3.36. The monoisotopic (exact) mass is 378 g/mol. The van der Waals surface area contributed by atoms with Crippen molar-refractivity contribution in [2.45, 2.75) is 83.8 Å². The van der Waals surface area contributed by atoms with Gasteiger partial charge in [-0.1, -0.05) is 0 Å². The molecule has 26 heavy (non-hydrogen) atoms. The fraction of sp³-hybridized carbons (Fsp3) is 1.00. The molecule has 2 saturated heterocycles. The number of piperazine rings is 2. The Bertz CT molecular complexity index is 439. The molecule has 0 spiro atoms. The van der Waals surface area contributed by atoms with Crippen molar-refractivity contribution in [3.63, 3.8) is 0 Å². The van der Waals surface area contributed by atoms with E-state index in [4.69, 9.17) is 0 Å². The Labute approximate surface area is 157 Å². The van der Waals surface area contributed by atoms with E-state index >= 15 is 0 Å². The minimum Gasteiger partial charge on any atom is -0.309 e. The number of halogens is 3. The smallest absolute Gasteiger partial charge is 0.309 e. The zero-order valence-corrected chi connectivity index (χ0v) is 17.2. The molecule has 2 rings (SSSR count). The van der Waals surface area contributed by atoms with Gasteiger partial charge in [-0.3, -0.25) is 14.7 Å². The van der Waals surface area contributed by atoms with E-state index in [1.807, 2.05) is 0 Å². The molecule has 4 nitrogen and oxygen atoms in total. The summed E-state index contributed by atoms with van der Waals surface area (Å²) in [5.41, 5.74) is -0.0100. The van der Waals surface area contributed by atoms with E-state index in [-0.39, 0.29) is 17.6 Å². The van der Waals surface area contributed by atoms with E-state index in [9.17, 15) is 13.2 Å². The van der Waals surface area contributed by atoms with Crippen LogP contribution in [0.15, 0.2) is 0 Å². The first kappa shape index (κ1) is 21.9. The van der Waals surface area contributed by atoms with Crippen LogP contribution in [0.2, 0.25) is 0 Å². The van der Waals surface area contributed by atoms with Crippen LogP contribution in [-0.4, -0.2) is 89.9 Å². The van der Waals surface area contributed by atoms with Crippen molar-refractivity contribution in [3.8, 4) is 0 Å². The average Bonchev–Trinajstić information content (AvgIpc) is 2.45. The number of hydrogen-bond donors (Lipinski definition) is 1. The third kappa shape index (κ3) is 6.36. The lowest BCUT2D eigenvalue weighted by Gasteiger charge is -2.49. The Morgan fingerprint density at radius 3 is 2.08 bits per heavy atom. The molecule has 0 amide bonds. The van der Waals surface area contributed by atoms with Crippen LogP contribution >= 0.6 is 0 Å². The predicted molar refractivity (Wildman–Crippen MR) is 100 cm³/mol. The highest BCUT2D eigenvalue weighted by molar-refractivity contribution is 4.92. The molecule has 7 heteroatoms. The molecular weight excluding hydrogens is 341 g/mol. The van der Waals surface area contributed by atoms with Crippen molar-refractivity contribution in [3.05, 3.63) is 0 Å². The Kier molecular flexibility index (Phi) is 7.03. The van der Waals surface area contributed by atoms with E-state index in [1.54, 1.807) is 4.90 Å². The van der Waals surface area contributed by atoms with Crippen LogP contribution in [0, 0.1) is 0 Å². The van der Waals surface area contributed by atoms with Crippen LogP contribution in [0.3, 0.4) is 0 Å². The fourth-order valence-electron chi connectivity index (χ4n) is 4.44. The van der Waals surface area contributed by atoms with Crippen LogP contribution in [0.4, 0.5) is 13.2 Å². The molecule has 1 N–H and O–H groups in total.